The maximum atomic E-state index is 12.4. The average molecular weight is 717 g/mol. The Morgan fingerprint density at radius 2 is 0.771 bits per heavy atom. The van der Waals surface area contributed by atoms with Gasteiger partial charge in [-0.05, 0) is 39.8 Å². The molecule has 4 aromatic heterocycles. The van der Waals surface area contributed by atoms with Gasteiger partial charge < -0.3 is 0 Å². The highest BCUT2D eigenvalue weighted by atomic mass is 32.2. The predicted molar refractivity (Wildman–Crippen MR) is 167 cm³/mol. The summed E-state index contributed by atoms with van der Waals surface area (Å²) in [6.45, 7) is 6.35. The maximum absolute atomic E-state index is 12.4. The van der Waals surface area contributed by atoms with Gasteiger partial charge in [0.25, 0.3) is 20.2 Å². The van der Waals surface area contributed by atoms with Crippen LogP contribution >= 0.6 is 0 Å². The lowest BCUT2D eigenvalue weighted by Gasteiger charge is -2.05. The van der Waals surface area contributed by atoms with E-state index < -0.39 is 54.0 Å². The zero-order valence-electron chi connectivity index (χ0n) is 25.9. The number of hydrogen-bond donors (Lipinski definition) is 2. The summed E-state index contributed by atoms with van der Waals surface area (Å²) in [4.78, 5) is 29.1. The Bertz CT molecular complexity index is 1670. The van der Waals surface area contributed by atoms with Crippen LogP contribution < -0.4 is 0 Å². The summed E-state index contributed by atoms with van der Waals surface area (Å²) < 4.78 is 109. The molecule has 0 aliphatic carbocycles. The van der Waals surface area contributed by atoms with E-state index in [1.807, 2.05) is 13.8 Å². The van der Waals surface area contributed by atoms with Crippen molar-refractivity contribution in [1.29, 1.82) is 0 Å². The van der Waals surface area contributed by atoms with Crippen LogP contribution in [0, 0.1) is 23.3 Å². The van der Waals surface area contributed by atoms with E-state index in [-0.39, 0.29) is 24.5 Å². The number of allylic oxidation sites excluding steroid dienone is 2. The van der Waals surface area contributed by atoms with E-state index in [1.165, 1.54) is 13.8 Å². The van der Waals surface area contributed by atoms with Gasteiger partial charge in [0.1, 0.15) is 11.6 Å². The zero-order chi connectivity index (χ0) is 36.3. The van der Waals surface area contributed by atoms with E-state index in [2.05, 4.69) is 39.9 Å². The Labute approximate surface area is 274 Å². The Kier molecular flexibility index (Phi) is 17.7. The molecule has 2 N–H and O–H groups in total. The molecular weight excluding hydrogens is 684 g/mol. The second kappa shape index (κ2) is 20.5. The maximum Gasteiger partial charge on any atom is 0.267 e. The molecule has 4 rings (SSSR count). The molecule has 0 saturated heterocycles. The summed E-state index contributed by atoms with van der Waals surface area (Å²) in [6, 6.07) is 0. The van der Waals surface area contributed by atoms with Crippen molar-refractivity contribution >= 4 is 32.4 Å². The molecule has 2 atom stereocenters. The standard InChI is InChI=1S/2C7H9FN2O3S.2C7H7FN2/c2*1-5(14(11,12)13)2-7-9-3-6(8)4-10-7;2*1-2-3-7-9-4-6(8)5-10-7/h2*3-5H,2H2,1H3,(H,11,12,13);2*2-5H,1H3/b;;3-2+;3-2-/t2*5-;;/m10../s1. The number of rotatable bonds is 8. The summed E-state index contributed by atoms with van der Waals surface area (Å²) in [7, 11) is -8.17. The molecule has 0 aromatic carbocycles. The first kappa shape index (κ1) is 41.4. The third-order valence-corrected chi connectivity index (χ3v) is 7.58. The van der Waals surface area contributed by atoms with Crippen LogP contribution in [0.15, 0.2) is 61.7 Å². The molecule has 0 bridgehead atoms. The first-order valence-electron chi connectivity index (χ1n) is 13.5. The Hall–Kier alpha value is -4.66. The van der Waals surface area contributed by atoms with Crippen molar-refractivity contribution in [2.24, 2.45) is 0 Å². The highest BCUT2D eigenvalue weighted by molar-refractivity contribution is 7.86. The van der Waals surface area contributed by atoms with Crippen molar-refractivity contribution < 1.29 is 43.5 Å². The molecule has 4 aromatic rings. The summed E-state index contributed by atoms with van der Waals surface area (Å²) >= 11 is 0. The minimum absolute atomic E-state index is 0.0425. The third-order valence-electron chi connectivity index (χ3n) is 5.22. The van der Waals surface area contributed by atoms with Crippen LogP contribution in [-0.2, 0) is 33.1 Å². The second-order valence-corrected chi connectivity index (χ2v) is 12.9. The minimum atomic E-state index is -4.08. The lowest BCUT2D eigenvalue weighted by atomic mass is 10.3. The van der Waals surface area contributed by atoms with E-state index in [0.29, 0.717) is 11.6 Å². The molecule has 0 aliphatic rings. The van der Waals surface area contributed by atoms with Crippen LogP contribution in [0.1, 0.15) is 51.0 Å². The Morgan fingerprint density at radius 3 is 0.979 bits per heavy atom. The van der Waals surface area contributed by atoms with Crippen molar-refractivity contribution in [3.05, 3.63) is 108 Å². The minimum Gasteiger partial charge on any atom is -0.285 e. The normalized spacial score (nSPS) is 12.5. The topological polar surface area (TPSA) is 212 Å². The van der Waals surface area contributed by atoms with Crippen molar-refractivity contribution in [3.8, 4) is 0 Å². The molecule has 4 heterocycles. The number of nitrogens with zero attached hydrogens (tertiary/aromatic N) is 8. The van der Waals surface area contributed by atoms with Crippen LogP contribution in [0.3, 0.4) is 0 Å². The van der Waals surface area contributed by atoms with Crippen LogP contribution in [0.5, 0.6) is 0 Å². The van der Waals surface area contributed by atoms with E-state index in [0.717, 1.165) is 49.6 Å². The first-order valence-corrected chi connectivity index (χ1v) is 16.5. The summed E-state index contributed by atoms with van der Waals surface area (Å²) in [5.41, 5.74) is 0. The van der Waals surface area contributed by atoms with Gasteiger partial charge in [0.2, 0.25) is 0 Å². The highest BCUT2D eigenvalue weighted by Crippen LogP contribution is 2.06. The highest BCUT2D eigenvalue weighted by Gasteiger charge is 2.19. The quantitative estimate of drug-likeness (QED) is 0.194. The summed E-state index contributed by atoms with van der Waals surface area (Å²) in [5.74, 6) is -0.580. The van der Waals surface area contributed by atoms with Gasteiger partial charge in [0.05, 0.1) is 60.1 Å². The fraction of sp³-hybridized carbons (Fsp3) is 0.286. The van der Waals surface area contributed by atoms with Gasteiger partial charge in [-0.2, -0.15) is 16.8 Å². The van der Waals surface area contributed by atoms with Gasteiger partial charge in [0.15, 0.2) is 34.9 Å². The Balaban J connectivity index is 0.000000324. The van der Waals surface area contributed by atoms with Gasteiger partial charge in [-0.15, -0.1) is 0 Å². The van der Waals surface area contributed by atoms with Crippen LogP contribution in [0.2, 0.25) is 0 Å². The van der Waals surface area contributed by atoms with E-state index in [4.69, 9.17) is 9.11 Å². The molecule has 0 aliphatic heterocycles. The summed E-state index contributed by atoms with van der Waals surface area (Å²) in [5, 5.41) is -1.99. The van der Waals surface area contributed by atoms with Gasteiger partial charge in [0, 0.05) is 12.8 Å². The Morgan fingerprint density at radius 1 is 0.542 bits per heavy atom. The number of aromatic nitrogens is 8. The predicted octanol–water partition coefficient (Wildman–Crippen LogP) is 4.17. The SMILES string of the molecule is C/C=C/c1ncc(F)cn1.C/C=C\c1ncc(F)cn1.C[C@@H](Cc1ncc(F)cn1)S(=O)(=O)O.C[C@H](Cc1ncc(F)cn1)S(=O)(=O)O. The fourth-order valence-corrected chi connectivity index (χ4v) is 3.45. The van der Waals surface area contributed by atoms with Crippen molar-refractivity contribution in [2.45, 2.75) is 51.0 Å². The summed E-state index contributed by atoms with van der Waals surface area (Å²) in [6.07, 6.45) is 15.3. The smallest absolute Gasteiger partial charge is 0.267 e. The third kappa shape index (κ3) is 17.9. The lowest BCUT2D eigenvalue weighted by Crippen LogP contribution is -2.20. The zero-order valence-corrected chi connectivity index (χ0v) is 27.6. The van der Waals surface area contributed by atoms with Crippen LogP contribution in [0.4, 0.5) is 17.6 Å². The van der Waals surface area contributed by atoms with Gasteiger partial charge in [-0.25, -0.2) is 57.4 Å². The largest absolute Gasteiger partial charge is 0.285 e. The molecule has 48 heavy (non-hydrogen) atoms. The van der Waals surface area contributed by atoms with Crippen molar-refractivity contribution in [3.63, 3.8) is 0 Å². The fourth-order valence-electron chi connectivity index (χ4n) is 2.73. The number of hydrogen-bond acceptors (Lipinski definition) is 12. The lowest BCUT2D eigenvalue weighted by molar-refractivity contribution is 0.466. The van der Waals surface area contributed by atoms with Crippen molar-refractivity contribution in [1.82, 2.24) is 39.9 Å². The second-order valence-electron chi connectivity index (χ2n) is 9.21. The van der Waals surface area contributed by atoms with Gasteiger partial charge >= 0.3 is 0 Å². The van der Waals surface area contributed by atoms with E-state index in [9.17, 15) is 34.4 Å². The van der Waals surface area contributed by atoms with Crippen LogP contribution in [-0.4, -0.2) is 76.3 Å². The molecule has 0 radical (unpaired) electrons. The molecule has 0 spiro atoms. The molecule has 0 amide bonds. The number of halogens is 4. The molecule has 0 saturated carbocycles. The molecular formula is C28H32F4N8O6S2. The molecule has 0 unspecified atom stereocenters. The molecule has 14 nitrogen and oxygen atoms in total. The molecule has 0 fully saturated rings. The van der Waals surface area contributed by atoms with E-state index >= 15 is 0 Å². The first-order chi connectivity index (χ1) is 22.4. The van der Waals surface area contributed by atoms with Crippen molar-refractivity contribution in [2.75, 3.05) is 0 Å². The van der Waals surface area contributed by atoms with Gasteiger partial charge in [-0.1, -0.05) is 12.2 Å². The monoisotopic (exact) mass is 716 g/mol. The van der Waals surface area contributed by atoms with Crippen LogP contribution in [0.25, 0.3) is 12.2 Å². The van der Waals surface area contributed by atoms with E-state index in [1.54, 1.807) is 24.3 Å². The molecule has 260 valence electrons. The molecule has 20 heteroatoms. The van der Waals surface area contributed by atoms with Gasteiger partial charge in [-0.3, -0.25) is 9.11 Å². The average Bonchev–Trinajstić information content (AvgIpc) is 3.02.